The van der Waals surface area contributed by atoms with E-state index in [1.807, 2.05) is 54.6 Å². The summed E-state index contributed by atoms with van der Waals surface area (Å²) in [5, 5.41) is 0. The normalized spacial score (nSPS) is 15.1. The van der Waals surface area contributed by atoms with E-state index in [1.54, 1.807) is 24.7 Å². The summed E-state index contributed by atoms with van der Waals surface area (Å²) in [7, 11) is 0. The van der Waals surface area contributed by atoms with E-state index in [1.165, 1.54) is 12.0 Å². The molecule has 9 nitrogen and oxygen atoms in total. The number of carbonyl (C=O) groups is 3. The number of rotatable bonds is 0. The van der Waals surface area contributed by atoms with Crippen molar-refractivity contribution in [3.8, 4) is 35.5 Å². The van der Waals surface area contributed by atoms with Crippen molar-refractivity contribution in [3.05, 3.63) is 171 Å². The second-order valence-electron chi connectivity index (χ2n) is 17.0. The molecule has 6 aromatic rings. The summed E-state index contributed by atoms with van der Waals surface area (Å²) in [5.41, 5.74) is 9.94. The number of pyridine rings is 4. The maximum atomic E-state index is 12.2. The lowest BCUT2D eigenvalue weighted by Crippen LogP contribution is -2.28. The molecule has 9 rings (SSSR count). The molecule has 0 saturated heterocycles. The molecular weight excluding hydrogens is 759 g/mol. The number of carbonyl (C=O) groups excluding carboxylic acids is 3. The zero-order chi connectivity index (χ0) is 43.0. The van der Waals surface area contributed by atoms with Crippen molar-refractivity contribution in [2.45, 2.75) is 79.6 Å². The molecule has 3 aliphatic carbocycles. The Hall–Kier alpha value is -7.28. The van der Waals surface area contributed by atoms with Gasteiger partial charge in [-0.1, -0.05) is 51.7 Å². The number of hydrogen-bond acceptors (Lipinski definition) is 9. The van der Waals surface area contributed by atoms with Crippen LogP contribution in [0.25, 0.3) is 0 Å². The molecule has 0 saturated carbocycles. The van der Waals surface area contributed by atoms with Crippen LogP contribution >= 0.6 is 0 Å². The van der Waals surface area contributed by atoms with Crippen LogP contribution in [0, 0.1) is 53.3 Å². The maximum Gasteiger partial charge on any atom is 0.197 e. The Labute approximate surface area is 356 Å². The third-order valence-corrected chi connectivity index (χ3v) is 10.3. The molecule has 1 aromatic carbocycles. The average molecular weight is 804 g/mol. The molecule has 0 spiro atoms. The Balaban J connectivity index is 0.000000139. The summed E-state index contributed by atoms with van der Waals surface area (Å²) in [5.74, 6) is 19.1. The third-order valence-electron chi connectivity index (χ3n) is 10.3. The molecule has 61 heavy (non-hydrogen) atoms. The van der Waals surface area contributed by atoms with Crippen molar-refractivity contribution in [1.29, 1.82) is 0 Å². The van der Waals surface area contributed by atoms with E-state index in [4.69, 9.17) is 4.42 Å². The first-order valence-corrected chi connectivity index (χ1v) is 20.3. The van der Waals surface area contributed by atoms with Crippen molar-refractivity contribution in [1.82, 2.24) is 24.9 Å². The lowest BCUT2D eigenvalue weighted by Gasteiger charge is -2.29. The Morgan fingerprint density at radius 3 is 1.66 bits per heavy atom. The fourth-order valence-corrected chi connectivity index (χ4v) is 7.41. The molecule has 0 bridgehead atoms. The molecular formula is C52H45N5O4. The number of hydrogen-bond donors (Lipinski definition) is 0. The highest BCUT2D eigenvalue weighted by Gasteiger charge is 2.33. The number of oxazole rings is 1. The minimum absolute atomic E-state index is 0.0142. The van der Waals surface area contributed by atoms with Gasteiger partial charge in [0.2, 0.25) is 0 Å². The quantitative estimate of drug-likeness (QED) is 0.138. The minimum atomic E-state index is -0.0213. The molecule has 0 fully saturated rings. The third kappa shape index (κ3) is 11.3. The van der Waals surface area contributed by atoms with Gasteiger partial charge in [-0.25, -0.2) is 19.9 Å². The van der Waals surface area contributed by atoms with Crippen molar-refractivity contribution < 1.29 is 18.8 Å². The predicted molar refractivity (Wildman–Crippen MR) is 233 cm³/mol. The van der Waals surface area contributed by atoms with Gasteiger partial charge in [0.05, 0.1) is 23.3 Å². The van der Waals surface area contributed by atoms with E-state index in [9.17, 15) is 14.4 Å². The van der Waals surface area contributed by atoms with Crippen LogP contribution in [0.3, 0.4) is 0 Å². The summed E-state index contributed by atoms with van der Waals surface area (Å²) >= 11 is 0. The molecule has 9 heteroatoms. The Kier molecular flexibility index (Phi) is 12.6. The van der Waals surface area contributed by atoms with E-state index < -0.39 is 0 Å². The average Bonchev–Trinajstić information content (AvgIpc) is 3.75. The summed E-state index contributed by atoms with van der Waals surface area (Å²) in [4.78, 5) is 57.3. The Bertz CT molecular complexity index is 2820. The standard InChI is InChI=1S/C20H19NO.C18H16N2O.C14H10N2O2/c1-14-5-4-6-15(11-14)7-8-16-9-10-17-18(21-16)12-20(2,3)13-19(17)22;1-18(2)10-16-15(17(21)11-18)8-7-14(20-16)6-5-13-4-3-9-19-12-13;17-14-3-1-2-13-12(14)7-5-10(16-13)4-6-11-8-15-9-18-11/h4-6,9-11H,12-13H2,1-3H3;3-4,7-9,12H,10-11H2,1-2H3;5,7-9H,1-3H2. The van der Waals surface area contributed by atoms with Crippen LogP contribution in [0.5, 0.6) is 0 Å². The molecule has 0 unspecified atom stereocenters. The highest BCUT2D eigenvalue weighted by molar-refractivity contribution is 5.99. The highest BCUT2D eigenvalue weighted by atomic mass is 16.3. The fraction of sp³-hybridized carbons (Fsp3) is 0.269. The van der Waals surface area contributed by atoms with Crippen molar-refractivity contribution in [3.63, 3.8) is 0 Å². The second-order valence-corrected chi connectivity index (χ2v) is 17.0. The van der Waals surface area contributed by atoms with Gasteiger partial charge < -0.3 is 4.42 Å². The fourth-order valence-electron chi connectivity index (χ4n) is 7.41. The predicted octanol–water partition coefficient (Wildman–Crippen LogP) is 8.96. The van der Waals surface area contributed by atoms with Crippen LogP contribution in [-0.4, -0.2) is 42.3 Å². The van der Waals surface area contributed by atoms with Gasteiger partial charge in [-0.2, -0.15) is 0 Å². The minimum Gasteiger partial charge on any atom is -0.435 e. The van der Waals surface area contributed by atoms with Gasteiger partial charge in [0.25, 0.3) is 0 Å². The van der Waals surface area contributed by atoms with E-state index in [0.717, 1.165) is 76.3 Å². The first-order valence-electron chi connectivity index (χ1n) is 20.3. The van der Waals surface area contributed by atoms with Crippen molar-refractivity contribution >= 4 is 17.3 Å². The van der Waals surface area contributed by atoms with E-state index in [2.05, 4.69) is 107 Å². The van der Waals surface area contributed by atoms with Gasteiger partial charge in [0.15, 0.2) is 29.5 Å². The maximum absolute atomic E-state index is 12.2. The van der Waals surface area contributed by atoms with Gasteiger partial charge in [-0.05, 0) is 133 Å². The molecule has 0 atom stereocenters. The molecule has 3 aliphatic rings. The molecule has 0 aliphatic heterocycles. The zero-order valence-corrected chi connectivity index (χ0v) is 35.1. The topological polar surface area (TPSA) is 129 Å². The molecule has 0 radical (unpaired) electrons. The first-order chi connectivity index (χ1) is 29.3. The molecule has 302 valence electrons. The molecule has 0 amide bonds. The highest BCUT2D eigenvalue weighted by Crippen LogP contribution is 2.35. The van der Waals surface area contributed by atoms with Gasteiger partial charge in [0, 0.05) is 59.5 Å². The number of fused-ring (bicyclic) bond motifs is 3. The number of ketones is 3. The Morgan fingerprint density at radius 2 is 1.10 bits per heavy atom. The number of benzene rings is 1. The van der Waals surface area contributed by atoms with Crippen LogP contribution in [-0.2, 0) is 19.3 Å². The van der Waals surface area contributed by atoms with Crippen LogP contribution < -0.4 is 0 Å². The smallest absolute Gasteiger partial charge is 0.197 e. The summed E-state index contributed by atoms with van der Waals surface area (Å²) < 4.78 is 5.02. The van der Waals surface area contributed by atoms with Crippen LogP contribution in [0.15, 0.2) is 102 Å². The molecule has 5 heterocycles. The van der Waals surface area contributed by atoms with Crippen LogP contribution in [0.1, 0.15) is 141 Å². The first kappa shape index (κ1) is 41.9. The van der Waals surface area contributed by atoms with E-state index in [-0.39, 0.29) is 28.2 Å². The number of aromatic nitrogens is 5. The summed E-state index contributed by atoms with van der Waals surface area (Å²) in [6, 6.07) is 22.8. The van der Waals surface area contributed by atoms with E-state index >= 15 is 0 Å². The van der Waals surface area contributed by atoms with E-state index in [0.29, 0.717) is 36.4 Å². The lowest BCUT2D eigenvalue weighted by molar-refractivity contribution is 0.0900. The number of aryl methyl sites for hydroxylation is 2. The second kappa shape index (κ2) is 18.3. The summed E-state index contributed by atoms with van der Waals surface area (Å²) in [6.45, 7) is 10.5. The van der Waals surface area contributed by atoms with Crippen LogP contribution in [0.2, 0.25) is 0 Å². The molecule has 5 aromatic heterocycles. The summed E-state index contributed by atoms with van der Waals surface area (Å²) in [6.07, 6.45) is 11.5. The van der Waals surface area contributed by atoms with Crippen LogP contribution in [0.4, 0.5) is 0 Å². The zero-order valence-electron chi connectivity index (χ0n) is 35.1. The van der Waals surface area contributed by atoms with Gasteiger partial charge in [0.1, 0.15) is 17.1 Å². The van der Waals surface area contributed by atoms with Crippen molar-refractivity contribution in [2.24, 2.45) is 10.8 Å². The van der Waals surface area contributed by atoms with Gasteiger partial charge in [-0.15, -0.1) is 0 Å². The Morgan fingerprint density at radius 1 is 0.541 bits per heavy atom. The monoisotopic (exact) mass is 803 g/mol. The van der Waals surface area contributed by atoms with Crippen molar-refractivity contribution in [2.75, 3.05) is 0 Å². The molecule has 0 N–H and O–H groups in total. The number of nitrogens with zero attached hydrogens (tertiary/aromatic N) is 5. The van der Waals surface area contributed by atoms with Gasteiger partial charge in [-0.3, -0.25) is 19.4 Å². The SMILES string of the molecule is CC1(C)CC(=O)c2ccc(C#Cc3cccnc3)nc2C1.Cc1cccc(C#Cc2ccc3c(n2)CC(C)(C)CC3=O)c1.O=C1CCCc2nc(C#Cc3cnco3)ccc21. The lowest BCUT2D eigenvalue weighted by atomic mass is 9.75. The largest absolute Gasteiger partial charge is 0.435 e. The number of Topliss-reactive ketones (excluding diaryl/α,β-unsaturated/α-hetero) is 3. The van der Waals surface area contributed by atoms with Gasteiger partial charge >= 0.3 is 0 Å².